The molecule has 6 heteroatoms. The van der Waals surface area contributed by atoms with E-state index in [9.17, 15) is 9.90 Å². The van der Waals surface area contributed by atoms with Gasteiger partial charge in [0.1, 0.15) is 18.1 Å². The Morgan fingerprint density at radius 1 is 1.21 bits per heavy atom. The summed E-state index contributed by atoms with van der Waals surface area (Å²) in [6, 6.07) is 11.1. The minimum Gasteiger partial charge on any atom is -0.496 e. The standard InChI is InChI=1S/C27H32N2O4/c1-4-5-10-23(28-2)20-33-26-16-13-21(27(19-26)32-3)9-8-12-24(30)18-25(31)15-14-22-11-6-7-17-29-22/h5-8,10-17,19,24,30H,4,9,18,20H2,1-3H3/b10-5-,12-8+,15-14+,28-23?. The van der Waals surface area contributed by atoms with Gasteiger partial charge in [-0.2, -0.15) is 0 Å². The molecule has 0 fully saturated rings. The van der Waals surface area contributed by atoms with Crippen molar-refractivity contribution in [3.63, 3.8) is 0 Å². The average Bonchev–Trinajstić information content (AvgIpc) is 2.84. The lowest BCUT2D eigenvalue weighted by Gasteiger charge is -2.11. The molecule has 0 bridgehead atoms. The number of carbonyl (C=O) groups excluding carboxylic acids is 1. The maximum atomic E-state index is 12.0. The number of allylic oxidation sites excluding steroid dienone is 3. The highest BCUT2D eigenvalue weighted by Gasteiger charge is 2.07. The van der Waals surface area contributed by atoms with E-state index in [2.05, 4.69) is 16.9 Å². The first-order chi connectivity index (χ1) is 16.0. The number of nitrogens with zero attached hydrogens (tertiary/aromatic N) is 2. The molecule has 1 heterocycles. The third-order valence-corrected chi connectivity index (χ3v) is 4.71. The van der Waals surface area contributed by atoms with Crippen LogP contribution in [0.3, 0.4) is 0 Å². The molecule has 0 amide bonds. The molecule has 1 aromatic carbocycles. The Labute approximate surface area is 196 Å². The number of ketones is 1. The molecule has 0 saturated heterocycles. The second-order valence-electron chi connectivity index (χ2n) is 7.25. The molecule has 0 spiro atoms. The maximum absolute atomic E-state index is 12.0. The molecule has 2 aromatic rings. The largest absolute Gasteiger partial charge is 0.496 e. The Morgan fingerprint density at radius 3 is 2.76 bits per heavy atom. The van der Waals surface area contributed by atoms with Gasteiger partial charge >= 0.3 is 0 Å². The van der Waals surface area contributed by atoms with Gasteiger partial charge in [-0.15, -0.1) is 0 Å². The number of rotatable bonds is 13. The predicted octanol–water partition coefficient (Wildman–Crippen LogP) is 4.64. The van der Waals surface area contributed by atoms with Crippen LogP contribution in [0.5, 0.6) is 11.5 Å². The fourth-order valence-corrected chi connectivity index (χ4v) is 2.93. The third kappa shape index (κ3) is 9.66. The number of carbonyl (C=O) groups is 1. The number of aliphatic hydroxyl groups excluding tert-OH is 1. The highest BCUT2D eigenvalue weighted by molar-refractivity contribution is 5.96. The number of aliphatic imine (C=N–C) groups is 1. The number of aliphatic hydroxyl groups is 1. The van der Waals surface area contributed by atoms with Crippen molar-refractivity contribution in [2.75, 3.05) is 20.8 Å². The van der Waals surface area contributed by atoms with Crippen molar-refractivity contribution in [1.82, 2.24) is 4.98 Å². The summed E-state index contributed by atoms with van der Waals surface area (Å²) in [5, 5.41) is 10.1. The molecule has 0 aliphatic carbocycles. The van der Waals surface area contributed by atoms with Crippen molar-refractivity contribution in [2.45, 2.75) is 32.3 Å². The quantitative estimate of drug-likeness (QED) is 0.274. The highest BCUT2D eigenvalue weighted by atomic mass is 16.5. The predicted molar refractivity (Wildman–Crippen MR) is 133 cm³/mol. The molecule has 1 atom stereocenters. The van der Waals surface area contributed by atoms with Crippen LogP contribution in [0.15, 0.2) is 78.0 Å². The number of hydrogen-bond donors (Lipinski definition) is 1. The van der Waals surface area contributed by atoms with Gasteiger partial charge in [0.2, 0.25) is 0 Å². The number of aromatic nitrogens is 1. The van der Waals surface area contributed by atoms with Gasteiger partial charge < -0.3 is 14.6 Å². The molecular formula is C27H32N2O4. The van der Waals surface area contributed by atoms with Crippen LogP contribution < -0.4 is 9.47 Å². The Kier molecular flexibility index (Phi) is 11.3. The second-order valence-corrected chi connectivity index (χ2v) is 7.25. The third-order valence-electron chi connectivity index (χ3n) is 4.71. The Hall–Kier alpha value is -3.51. The molecule has 2 rings (SSSR count). The molecule has 0 saturated carbocycles. The summed E-state index contributed by atoms with van der Waals surface area (Å²) in [4.78, 5) is 20.4. The summed E-state index contributed by atoms with van der Waals surface area (Å²) in [5.74, 6) is 1.22. The van der Waals surface area contributed by atoms with Crippen LogP contribution >= 0.6 is 0 Å². The number of pyridine rings is 1. The Balaban J connectivity index is 1.88. The molecule has 33 heavy (non-hydrogen) atoms. The van der Waals surface area contributed by atoms with E-state index in [0.29, 0.717) is 30.2 Å². The number of benzene rings is 1. The van der Waals surface area contributed by atoms with Crippen LogP contribution in [0.25, 0.3) is 6.08 Å². The van der Waals surface area contributed by atoms with Crippen molar-refractivity contribution in [1.29, 1.82) is 0 Å². The molecule has 1 aromatic heterocycles. The van der Waals surface area contributed by atoms with E-state index in [-0.39, 0.29) is 12.2 Å². The maximum Gasteiger partial charge on any atom is 0.158 e. The van der Waals surface area contributed by atoms with E-state index in [0.717, 1.165) is 17.7 Å². The van der Waals surface area contributed by atoms with Crippen LogP contribution in [0.1, 0.15) is 31.0 Å². The van der Waals surface area contributed by atoms with Gasteiger partial charge in [-0.05, 0) is 54.8 Å². The van der Waals surface area contributed by atoms with E-state index in [4.69, 9.17) is 9.47 Å². The zero-order valence-electron chi connectivity index (χ0n) is 19.5. The number of methoxy groups -OCH3 is 1. The first-order valence-electron chi connectivity index (χ1n) is 10.9. The van der Waals surface area contributed by atoms with E-state index in [1.165, 1.54) is 6.08 Å². The van der Waals surface area contributed by atoms with E-state index in [1.54, 1.807) is 32.5 Å². The summed E-state index contributed by atoms with van der Waals surface area (Å²) in [7, 11) is 3.35. The molecule has 0 aliphatic rings. The zero-order valence-corrected chi connectivity index (χ0v) is 19.5. The van der Waals surface area contributed by atoms with Crippen molar-refractivity contribution in [3.05, 3.63) is 84.2 Å². The number of hydrogen-bond acceptors (Lipinski definition) is 6. The summed E-state index contributed by atoms with van der Waals surface area (Å²) in [6.07, 6.45) is 12.9. The van der Waals surface area contributed by atoms with Crippen LogP contribution in [-0.2, 0) is 11.2 Å². The van der Waals surface area contributed by atoms with Crippen molar-refractivity contribution < 1.29 is 19.4 Å². The van der Waals surface area contributed by atoms with Gasteiger partial charge in [-0.3, -0.25) is 14.8 Å². The molecule has 1 unspecified atom stereocenters. The van der Waals surface area contributed by atoms with Crippen molar-refractivity contribution in [2.24, 2.45) is 4.99 Å². The van der Waals surface area contributed by atoms with Gasteiger partial charge in [0.25, 0.3) is 0 Å². The topological polar surface area (TPSA) is 81.0 Å². The summed E-state index contributed by atoms with van der Waals surface area (Å²) < 4.78 is 11.3. The molecule has 0 aliphatic heterocycles. The smallest absolute Gasteiger partial charge is 0.158 e. The number of ether oxygens (including phenoxy) is 2. The lowest BCUT2D eigenvalue weighted by Crippen LogP contribution is -2.09. The Morgan fingerprint density at radius 2 is 2.06 bits per heavy atom. The fraction of sp³-hybridized carbons (Fsp3) is 0.296. The summed E-state index contributed by atoms with van der Waals surface area (Å²) in [6.45, 7) is 2.45. The van der Waals surface area contributed by atoms with Gasteiger partial charge in [-0.25, -0.2) is 0 Å². The average molecular weight is 449 g/mol. The van der Waals surface area contributed by atoms with Gasteiger partial charge in [0.05, 0.1) is 24.6 Å². The zero-order chi connectivity index (χ0) is 23.9. The van der Waals surface area contributed by atoms with Crippen molar-refractivity contribution in [3.8, 4) is 11.5 Å². The first-order valence-corrected chi connectivity index (χ1v) is 10.9. The first kappa shape index (κ1) is 25.7. The minimum absolute atomic E-state index is 0.0114. The van der Waals surface area contributed by atoms with Crippen LogP contribution in [0.2, 0.25) is 0 Å². The van der Waals surface area contributed by atoms with E-state index in [1.807, 2.05) is 54.6 Å². The lowest BCUT2D eigenvalue weighted by atomic mass is 10.1. The van der Waals surface area contributed by atoms with Crippen LogP contribution in [0, 0.1) is 0 Å². The Bertz CT molecular complexity index is 994. The minimum atomic E-state index is -0.859. The SMILES string of the molecule is CC/C=C\C(COc1ccc(C/C=C/C(O)CC(=O)/C=C/c2ccccn2)c(OC)c1)=NC. The summed E-state index contributed by atoms with van der Waals surface area (Å²) in [5.41, 5.74) is 2.51. The van der Waals surface area contributed by atoms with Crippen LogP contribution in [-0.4, -0.2) is 48.5 Å². The van der Waals surface area contributed by atoms with Gasteiger partial charge in [0.15, 0.2) is 5.78 Å². The highest BCUT2D eigenvalue weighted by Crippen LogP contribution is 2.25. The van der Waals surface area contributed by atoms with Crippen molar-refractivity contribution >= 4 is 17.6 Å². The normalized spacial score (nSPS) is 13.2. The molecule has 1 N–H and O–H groups in total. The molecule has 174 valence electrons. The lowest BCUT2D eigenvalue weighted by molar-refractivity contribution is -0.115. The van der Waals surface area contributed by atoms with E-state index >= 15 is 0 Å². The molecule has 0 radical (unpaired) electrons. The molecule has 6 nitrogen and oxygen atoms in total. The van der Waals surface area contributed by atoms with Gasteiger partial charge in [-0.1, -0.05) is 37.3 Å². The molecular weight excluding hydrogens is 416 g/mol. The fourth-order valence-electron chi connectivity index (χ4n) is 2.93. The van der Waals surface area contributed by atoms with E-state index < -0.39 is 6.10 Å². The monoisotopic (exact) mass is 448 g/mol. The van der Waals surface area contributed by atoms with Crippen LogP contribution in [0.4, 0.5) is 0 Å². The van der Waals surface area contributed by atoms with Gasteiger partial charge in [0, 0.05) is 25.7 Å². The summed E-state index contributed by atoms with van der Waals surface area (Å²) >= 11 is 0. The second kappa shape index (κ2) is 14.5.